The SMILES string of the molecule is CCC(CC)CNS(=O)(=O)c1cccc(Br)c1. The lowest BCUT2D eigenvalue weighted by molar-refractivity contribution is 0.479. The van der Waals surface area contributed by atoms with Gasteiger partial charge in [0.15, 0.2) is 0 Å². The third kappa shape index (κ3) is 4.41. The Hall–Kier alpha value is -0.390. The maximum Gasteiger partial charge on any atom is 0.240 e. The monoisotopic (exact) mass is 319 g/mol. The summed E-state index contributed by atoms with van der Waals surface area (Å²) in [7, 11) is -3.38. The van der Waals surface area contributed by atoms with Gasteiger partial charge in [0.25, 0.3) is 0 Å². The molecular weight excluding hydrogens is 302 g/mol. The molecule has 0 saturated heterocycles. The van der Waals surface area contributed by atoms with Crippen molar-refractivity contribution in [3.05, 3.63) is 28.7 Å². The molecule has 0 heterocycles. The molecule has 0 radical (unpaired) electrons. The fourth-order valence-corrected chi connectivity index (χ4v) is 3.23. The maximum absolute atomic E-state index is 12.0. The lowest BCUT2D eigenvalue weighted by Crippen LogP contribution is -2.29. The zero-order chi connectivity index (χ0) is 12.9. The van der Waals surface area contributed by atoms with Gasteiger partial charge in [0.05, 0.1) is 4.90 Å². The first-order valence-electron chi connectivity index (χ1n) is 5.74. The lowest BCUT2D eigenvalue weighted by Gasteiger charge is -2.13. The molecule has 1 aromatic carbocycles. The molecule has 1 aromatic rings. The van der Waals surface area contributed by atoms with Gasteiger partial charge in [-0.1, -0.05) is 48.7 Å². The van der Waals surface area contributed by atoms with Crippen molar-refractivity contribution in [1.29, 1.82) is 0 Å². The quantitative estimate of drug-likeness (QED) is 0.875. The van der Waals surface area contributed by atoms with Crippen molar-refractivity contribution in [2.24, 2.45) is 5.92 Å². The minimum absolute atomic E-state index is 0.304. The van der Waals surface area contributed by atoms with Gasteiger partial charge < -0.3 is 0 Å². The van der Waals surface area contributed by atoms with E-state index in [2.05, 4.69) is 34.5 Å². The molecule has 3 nitrogen and oxygen atoms in total. The first-order valence-corrected chi connectivity index (χ1v) is 8.02. The van der Waals surface area contributed by atoms with Crippen LogP contribution in [-0.4, -0.2) is 15.0 Å². The van der Waals surface area contributed by atoms with Crippen molar-refractivity contribution >= 4 is 26.0 Å². The molecule has 0 fully saturated rings. The second-order valence-electron chi connectivity index (χ2n) is 3.99. The highest BCUT2D eigenvalue weighted by Gasteiger charge is 2.15. The van der Waals surface area contributed by atoms with Gasteiger partial charge in [-0.2, -0.15) is 0 Å². The molecule has 0 aliphatic rings. The highest BCUT2D eigenvalue weighted by Crippen LogP contribution is 2.16. The second kappa shape index (κ2) is 6.52. The minimum atomic E-state index is -3.38. The van der Waals surface area contributed by atoms with Crippen LogP contribution in [0.15, 0.2) is 33.6 Å². The Morgan fingerprint density at radius 2 is 1.94 bits per heavy atom. The molecule has 0 unspecified atom stereocenters. The molecule has 0 aliphatic carbocycles. The standard InChI is InChI=1S/C12H18BrNO2S/c1-3-10(4-2)9-14-17(15,16)12-7-5-6-11(13)8-12/h5-8,10,14H,3-4,9H2,1-2H3. The van der Waals surface area contributed by atoms with Crippen LogP contribution in [0.5, 0.6) is 0 Å². The van der Waals surface area contributed by atoms with E-state index in [1.807, 2.05) is 0 Å². The molecule has 0 aromatic heterocycles. The predicted molar refractivity (Wildman–Crippen MR) is 73.4 cm³/mol. The van der Waals surface area contributed by atoms with Crippen LogP contribution < -0.4 is 4.72 Å². The van der Waals surface area contributed by atoms with E-state index in [-0.39, 0.29) is 0 Å². The molecule has 0 atom stereocenters. The summed E-state index contributed by atoms with van der Waals surface area (Å²) in [4.78, 5) is 0.304. The number of rotatable bonds is 6. The first-order chi connectivity index (χ1) is 7.99. The molecule has 1 rings (SSSR count). The molecule has 0 amide bonds. The van der Waals surface area contributed by atoms with Gasteiger partial charge in [-0.15, -0.1) is 0 Å². The smallest absolute Gasteiger partial charge is 0.211 e. The van der Waals surface area contributed by atoms with Crippen molar-refractivity contribution in [3.8, 4) is 0 Å². The van der Waals surface area contributed by atoms with Crippen LogP contribution in [0.4, 0.5) is 0 Å². The van der Waals surface area contributed by atoms with E-state index in [1.54, 1.807) is 24.3 Å². The summed E-state index contributed by atoms with van der Waals surface area (Å²) in [5, 5.41) is 0. The summed E-state index contributed by atoms with van der Waals surface area (Å²) >= 11 is 3.27. The number of sulfonamides is 1. The van der Waals surface area contributed by atoms with Gasteiger partial charge in [0.2, 0.25) is 10.0 Å². The average molecular weight is 320 g/mol. The summed E-state index contributed by atoms with van der Waals surface area (Å²) < 4.78 is 27.4. The van der Waals surface area contributed by atoms with Crippen LogP contribution in [0, 0.1) is 5.92 Å². The molecule has 17 heavy (non-hydrogen) atoms. The molecule has 0 saturated carbocycles. The van der Waals surface area contributed by atoms with Gasteiger partial charge in [0.1, 0.15) is 0 Å². The van der Waals surface area contributed by atoms with Gasteiger partial charge in [-0.3, -0.25) is 0 Å². The topological polar surface area (TPSA) is 46.2 Å². The van der Waals surface area contributed by atoms with E-state index < -0.39 is 10.0 Å². The molecule has 0 bridgehead atoms. The largest absolute Gasteiger partial charge is 0.240 e. The minimum Gasteiger partial charge on any atom is -0.211 e. The van der Waals surface area contributed by atoms with E-state index in [0.717, 1.165) is 17.3 Å². The Kier molecular flexibility index (Phi) is 5.62. The second-order valence-corrected chi connectivity index (χ2v) is 6.67. The normalized spacial score (nSPS) is 12.0. The van der Waals surface area contributed by atoms with Gasteiger partial charge in [-0.25, -0.2) is 13.1 Å². The number of nitrogens with one attached hydrogen (secondary N) is 1. The Morgan fingerprint density at radius 3 is 2.47 bits per heavy atom. The van der Waals surface area contributed by atoms with E-state index in [4.69, 9.17) is 0 Å². The highest BCUT2D eigenvalue weighted by atomic mass is 79.9. The fourth-order valence-electron chi connectivity index (χ4n) is 1.52. The number of halogens is 1. The van der Waals surface area contributed by atoms with Gasteiger partial charge in [-0.05, 0) is 24.1 Å². The van der Waals surface area contributed by atoms with Crippen molar-refractivity contribution < 1.29 is 8.42 Å². The molecule has 1 N–H and O–H groups in total. The van der Waals surface area contributed by atoms with Crippen LogP contribution in [0.25, 0.3) is 0 Å². The fraction of sp³-hybridized carbons (Fsp3) is 0.500. The number of hydrogen-bond donors (Lipinski definition) is 1. The van der Waals surface area contributed by atoms with Crippen molar-refractivity contribution in [2.75, 3.05) is 6.54 Å². The van der Waals surface area contributed by atoms with Crippen molar-refractivity contribution in [1.82, 2.24) is 4.72 Å². The summed E-state index contributed by atoms with van der Waals surface area (Å²) in [6, 6.07) is 6.73. The van der Waals surface area contributed by atoms with Crippen molar-refractivity contribution in [3.63, 3.8) is 0 Å². The van der Waals surface area contributed by atoms with E-state index in [0.29, 0.717) is 17.4 Å². The van der Waals surface area contributed by atoms with Crippen LogP contribution >= 0.6 is 15.9 Å². The van der Waals surface area contributed by atoms with E-state index in [9.17, 15) is 8.42 Å². The first kappa shape index (κ1) is 14.7. The molecule has 96 valence electrons. The van der Waals surface area contributed by atoms with Crippen LogP contribution in [0.3, 0.4) is 0 Å². The summed E-state index contributed by atoms with van der Waals surface area (Å²) in [6.07, 6.45) is 1.97. The van der Waals surface area contributed by atoms with Crippen LogP contribution in [-0.2, 0) is 10.0 Å². The Bertz CT molecular complexity index is 455. The Morgan fingerprint density at radius 1 is 1.29 bits per heavy atom. The van der Waals surface area contributed by atoms with Crippen LogP contribution in [0.2, 0.25) is 0 Å². The van der Waals surface area contributed by atoms with E-state index >= 15 is 0 Å². The van der Waals surface area contributed by atoms with Gasteiger partial charge in [0, 0.05) is 11.0 Å². The zero-order valence-electron chi connectivity index (χ0n) is 10.1. The Labute approximate surface area is 112 Å². The van der Waals surface area contributed by atoms with Crippen molar-refractivity contribution in [2.45, 2.75) is 31.6 Å². The molecule has 0 aliphatic heterocycles. The average Bonchev–Trinajstić information content (AvgIpc) is 2.30. The maximum atomic E-state index is 12.0. The lowest BCUT2D eigenvalue weighted by atomic mass is 10.0. The number of benzene rings is 1. The summed E-state index contributed by atoms with van der Waals surface area (Å²) in [6.45, 7) is 4.64. The Balaban J connectivity index is 2.76. The van der Waals surface area contributed by atoms with Crippen LogP contribution in [0.1, 0.15) is 26.7 Å². The highest BCUT2D eigenvalue weighted by molar-refractivity contribution is 9.10. The molecule has 0 spiro atoms. The van der Waals surface area contributed by atoms with E-state index in [1.165, 1.54) is 0 Å². The molecule has 5 heteroatoms. The predicted octanol–water partition coefficient (Wildman–Crippen LogP) is 3.16. The summed E-state index contributed by atoms with van der Waals surface area (Å²) in [5.74, 6) is 0.400. The van der Waals surface area contributed by atoms with Gasteiger partial charge >= 0.3 is 0 Å². The third-order valence-electron chi connectivity index (χ3n) is 2.82. The third-order valence-corrected chi connectivity index (χ3v) is 4.74. The number of hydrogen-bond acceptors (Lipinski definition) is 2. The zero-order valence-corrected chi connectivity index (χ0v) is 12.5. The summed E-state index contributed by atoms with van der Waals surface area (Å²) in [5.41, 5.74) is 0. The molecular formula is C12H18BrNO2S.